The summed E-state index contributed by atoms with van der Waals surface area (Å²) >= 11 is -2.00. The number of benzene rings is 1. The zero-order chi connectivity index (χ0) is 7.56. The minimum atomic E-state index is -2.00. The van der Waals surface area contributed by atoms with Crippen molar-refractivity contribution < 1.29 is 13.2 Å². The Hall–Kier alpha value is 0.896. The molecule has 0 saturated carbocycles. The van der Waals surface area contributed by atoms with Crippen molar-refractivity contribution in [3.8, 4) is 0 Å². The second-order valence-corrected chi connectivity index (χ2v) is 2.67. The quantitative estimate of drug-likeness (QED) is 0.537. The van der Waals surface area contributed by atoms with Crippen molar-refractivity contribution in [3.05, 3.63) is 30.1 Å². The van der Waals surface area contributed by atoms with Gasteiger partial charge in [0.05, 0.1) is 4.90 Å². The molecule has 2 nitrogen and oxygen atoms in total. The molecule has 5 heteroatoms. The van der Waals surface area contributed by atoms with Crippen LogP contribution in [0.4, 0.5) is 4.39 Å². The Balaban J connectivity index is 0.000001000. The number of hydrogen-bond donors (Lipinski definition) is 1. The van der Waals surface area contributed by atoms with Gasteiger partial charge in [-0.1, -0.05) is 0 Å². The van der Waals surface area contributed by atoms with E-state index in [1.165, 1.54) is 12.1 Å². The molecule has 11 heavy (non-hydrogen) atoms. The fourth-order valence-corrected chi connectivity index (χ4v) is 0.920. The summed E-state index contributed by atoms with van der Waals surface area (Å²) in [5, 5.41) is 0. The summed E-state index contributed by atoms with van der Waals surface area (Å²) in [6.45, 7) is 0. The van der Waals surface area contributed by atoms with Crippen LogP contribution in [-0.2, 0) is 11.1 Å². The van der Waals surface area contributed by atoms with E-state index in [1.54, 1.807) is 0 Å². The molecule has 0 radical (unpaired) electrons. The normalized spacial score (nSPS) is 11.8. The van der Waals surface area contributed by atoms with Crippen LogP contribution in [0.5, 0.6) is 0 Å². The number of halogens is 1. The molecule has 0 aliphatic heterocycles. The van der Waals surface area contributed by atoms with Crippen LogP contribution in [0.15, 0.2) is 29.2 Å². The Labute approximate surface area is 109 Å². The second kappa shape index (κ2) is 5.53. The van der Waals surface area contributed by atoms with Gasteiger partial charge in [0, 0.05) is 0 Å². The fraction of sp³-hybridized carbons (Fsp3) is 0. The molecule has 0 aliphatic carbocycles. The van der Waals surface area contributed by atoms with Gasteiger partial charge in [-0.3, -0.25) is 0 Å². The summed E-state index contributed by atoms with van der Waals surface area (Å²) < 4.78 is 30.9. The van der Waals surface area contributed by atoms with Gasteiger partial charge in [-0.25, -0.2) is 8.60 Å². The molecular weight excluding hydrogens is 194 g/mol. The van der Waals surface area contributed by atoms with E-state index in [0.717, 1.165) is 12.1 Å². The van der Waals surface area contributed by atoms with E-state index >= 15 is 0 Å². The SMILES string of the molecule is O=S(O)c1ccc(F)cc1.[KH]. The third-order valence-electron chi connectivity index (χ3n) is 1.02. The maximum absolute atomic E-state index is 12.2. The molecule has 1 unspecified atom stereocenters. The van der Waals surface area contributed by atoms with E-state index in [9.17, 15) is 8.60 Å². The van der Waals surface area contributed by atoms with Crippen LogP contribution in [0.1, 0.15) is 0 Å². The molecular formula is C6H6FKO2S. The van der Waals surface area contributed by atoms with E-state index < -0.39 is 16.9 Å². The summed E-state index contributed by atoms with van der Waals surface area (Å²) in [5.74, 6) is -0.408. The summed E-state index contributed by atoms with van der Waals surface area (Å²) in [6.07, 6.45) is 0. The monoisotopic (exact) mass is 200 g/mol. The first-order valence-electron chi connectivity index (χ1n) is 2.56. The third kappa shape index (κ3) is 3.89. The van der Waals surface area contributed by atoms with Crippen molar-refractivity contribution in [2.24, 2.45) is 0 Å². The van der Waals surface area contributed by atoms with Crippen LogP contribution in [0.2, 0.25) is 0 Å². The van der Waals surface area contributed by atoms with Gasteiger partial charge in [0.2, 0.25) is 0 Å². The molecule has 0 amide bonds. The topological polar surface area (TPSA) is 37.3 Å². The van der Waals surface area contributed by atoms with Crippen LogP contribution in [0.25, 0.3) is 0 Å². The van der Waals surface area contributed by atoms with Crippen LogP contribution in [-0.4, -0.2) is 60.1 Å². The van der Waals surface area contributed by atoms with Gasteiger partial charge < -0.3 is 4.55 Å². The molecule has 0 spiro atoms. The first-order valence-corrected chi connectivity index (χ1v) is 3.67. The standard InChI is InChI=1S/C6H5FO2S.K.H/c7-5-1-3-6(4-2-5)10(8)9;;/h1-4H,(H,8,9);;. The Morgan fingerprint density at radius 3 is 2.09 bits per heavy atom. The van der Waals surface area contributed by atoms with Gasteiger partial charge in [0.1, 0.15) is 5.82 Å². The van der Waals surface area contributed by atoms with Crippen molar-refractivity contribution in [1.82, 2.24) is 0 Å². The van der Waals surface area contributed by atoms with Gasteiger partial charge in [0.15, 0.2) is 11.1 Å². The molecule has 1 aromatic carbocycles. The Bertz CT molecular complexity index is 249. The Kier molecular flexibility index (Phi) is 5.98. The van der Waals surface area contributed by atoms with E-state index in [1.807, 2.05) is 0 Å². The first-order chi connectivity index (χ1) is 4.70. The van der Waals surface area contributed by atoms with Crippen LogP contribution >= 0.6 is 0 Å². The van der Waals surface area contributed by atoms with Crippen molar-refractivity contribution in [2.75, 3.05) is 0 Å². The predicted molar refractivity (Wildman–Crippen MR) is 42.6 cm³/mol. The van der Waals surface area contributed by atoms with Gasteiger partial charge in [-0.05, 0) is 24.3 Å². The molecule has 0 heterocycles. The Morgan fingerprint density at radius 2 is 1.73 bits per heavy atom. The number of rotatable bonds is 1. The van der Waals surface area contributed by atoms with Crippen molar-refractivity contribution in [2.45, 2.75) is 4.90 Å². The second-order valence-electron chi connectivity index (χ2n) is 1.70. The zero-order valence-electron chi connectivity index (χ0n) is 4.95. The summed E-state index contributed by atoms with van der Waals surface area (Å²) in [5.41, 5.74) is 0. The van der Waals surface area contributed by atoms with Gasteiger partial charge in [-0.15, -0.1) is 0 Å². The summed E-state index contributed by atoms with van der Waals surface area (Å²) in [7, 11) is 0. The Morgan fingerprint density at radius 1 is 1.27 bits per heavy atom. The molecule has 56 valence electrons. The van der Waals surface area contributed by atoms with Crippen molar-refractivity contribution >= 4 is 62.5 Å². The maximum atomic E-state index is 12.2. The minimum absolute atomic E-state index is 0. The van der Waals surface area contributed by atoms with Crippen LogP contribution < -0.4 is 0 Å². The zero-order valence-corrected chi connectivity index (χ0v) is 5.77. The van der Waals surface area contributed by atoms with Gasteiger partial charge >= 0.3 is 51.4 Å². The first kappa shape index (κ1) is 11.9. The van der Waals surface area contributed by atoms with Crippen molar-refractivity contribution in [3.63, 3.8) is 0 Å². The molecule has 0 bridgehead atoms. The van der Waals surface area contributed by atoms with Gasteiger partial charge in [0.25, 0.3) is 0 Å². The fourth-order valence-electron chi connectivity index (χ4n) is 0.551. The molecule has 0 saturated heterocycles. The molecule has 0 aliphatic rings. The van der Waals surface area contributed by atoms with Crippen LogP contribution in [0, 0.1) is 5.82 Å². The van der Waals surface area contributed by atoms with E-state index in [0.29, 0.717) is 0 Å². The third-order valence-corrected chi connectivity index (χ3v) is 1.69. The molecule has 1 atom stereocenters. The van der Waals surface area contributed by atoms with Gasteiger partial charge in [-0.2, -0.15) is 0 Å². The molecule has 1 rings (SSSR count). The predicted octanol–water partition coefficient (Wildman–Crippen LogP) is 0.758. The van der Waals surface area contributed by atoms with E-state index in [2.05, 4.69) is 0 Å². The average molecular weight is 200 g/mol. The molecule has 0 fully saturated rings. The van der Waals surface area contributed by atoms with Crippen LogP contribution in [0.3, 0.4) is 0 Å². The molecule has 0 aromatic heterocycles. The molecule has 1 N–H and O–H groups in total. The van der Waals surface area contributed by atoms with E-state index in [-0.39, 0.29) is 56.3 Å². The summed E-state index contributed by atoms with van der Waals surface area (Å²) in [6, 6.07) is 4.82. The number of hydrogen-bond acceptors (Lipinski definition) is 1. The average Bonchev–Trinajstić information content (AvgIpc) is 1.88. The molecule has 1 aromatic rings. The van der Waals surface area contributed by atoms with E-state index in [4.69, 9.17) is 4.55 Å². The van der Waals surface area contributed by atoms with Crippen molar-refractivity contribution in [1.29, 1.82) is 0 Å². The summed E-state index contributed by atoms with van der Waals surface area (Å²) in [4.78, 5) is 0.210.